The fraction of sp³-hybridized carbons (Fsp3) is 0.348. The van der Waals surface area contributed by atoms with Gasteiger partial charge in [0.05, 0.1) is 13.0 Å². The van der Waals surface area contributed by atoms with Crippen molar-refractivity contribution in [1.29, 1.82) is 0 Å². The highest BCUT2D eigenvalue weighted by Crippen LogP contribution is 2.24. The van der Waals surface area contributed by atoms with Gasteiger partial charge in [0.1, 0.15) is 11.8 Å². The molecule has 2 aromatic rings. The van der Waals surface area contributed by atoms with Gasteiger partial charge in [-0.15, -0.1) is 0 Å². The molecule has 1 aliphatic rings. The Balaban J connectivity index is 1.68. The summed E-state index contributed by atoms with van der Waals surface area (Å²) in [6.07, 6.45) is 0.939. The van der Waals surface area contributed by atoms with Crippen LogP contribution in [0.1, 0.15) is 32.3 Å². The fourth-order valence-corrected chi connectivity index (χ4v) is 3.93. The van der Waals surface area contributed by atoms with Gasteiger partial charge < -0.3 is 15.0 Å². The molecule has 1 heterocycles. The third-order valence-electron chi connectivity index (χ3n) is 4.98. The van der Waals surface area contributed by atoms with Gasteiger partial charge in [-0.25, -0.2) is 0 Å². The zero-order chi connectivity index (χ0) is 22.4. The number of ether oxygens (including phenoxy) is 1. The maximum atomic E-state index is 12.9. The second kappa shape index (κ2) is 10.6. The number of nitrogens with zero attached hydrogens (tertiary/aromatic N) is 2. The van der Waals surface area contributed by atoms with Crippen LogP contribution in [0.15, 0.2) is 48.5 Å². The van der Waals surface area contributed by atoms with Gasteiger partial charge in [0.15, 0.2) is 5.11 Å². The maximum Gasteiger partial charge on any atom is 0.252 e. The van der Waals surface area contributed by atoms with Crippen molar-refractivity contribution >= 4 is 46.4 Å². The van der Waals surface area contributed by atoms with Gasteiger partial charge in [0.2, 0.25) is 5.91 Å². The van der Waals surface area contributed by atoms with E-state index in [1.54, 1.807) is 29.2 Å². The van der Waals surface area contributed by atoms with Crippen molar-refractivity contribution < 1.29 is 14.3 Å². The molecular weight excluding hydrogens is 434 g/mol. The molecular formula is C23H26ClN3O3S. The van der Waals surface area contributed by atoms with Gasteiger partial charge in [-0.3, -0.25) is 14.5 Å². The van der Waals surface area contributed by atoms with Gasteiger partial charge in [0, 0.05) is 23.8 Å². The average Bonchev–Trinajstić information content (AvgIpc) is 2.98. The molecule has 1 saturated heterocycles. The number of amides is 2. The number of hydrogen-bond acceptors (Lipinski definition) is 4. The normalized spacial score (nSPS) is 16.0. The van der Waals surface area contributed by atoms with Crippen molar-refractivity contribution in [3.05, 3.63) is 59.1 Å². The molecule has 1 N–H and O–H groups in total. The summed E-state index contributed by atoms with van der Waals surface area (Å²) in [4.78, 5) is 29.0. The van der Waals surface area contributed by atoms with E-state index in [1.807, 2.05) is 43.0 Å². The largest absolute Gasteiger partial charge is 0.494 e. The number of hydrogen-bond donors (Lipinski definition) is 1. The number of likely N-dealkylation sites (N-methyl/N-ethyl adjacent to an activating group) is 1. The van der Waals surface area contributed by atoms with Crippen LogP contribution in [0, 0.1) is 0 Å². The third kappa shape index (κ3) is 5.74. The van der Waals surface area contributed by atoms with Crippen molar-refractivity contribution in [3.8, 4) is 5.75 Å². The van der Waals surface area contributed by atoms with Crippen LogP contribution in [0.25, 0.3) is 0 Å². The smallest absolute Gasteiger partial charge is 0.252 e. The van der Waals surface area contributed by atoms with Gasteiger partial charge in [-0.2, -0.15) is 0 Å². The Labute approximate surface area is 193 Å². The second-order valence-electron chi connectivity index (χ2n) is 7.26. The Bertz CT molecular complexity index is 934. The standard InChI is InChI=1S/C23H26ClN3O3S/c1-3-13-30-19-11-9-18(10-12-19)25-21(28)14-20-22(29)26(4-2)23(31)27(20)15-16-5-7-17(24)8-6-16/h5-12,20H,3-4,13-15H2,1-2H3,(H,25,28). The summed E-state index contributed by atoms with van der Waals surface area (Å²) >= 11 is 11.5. The van der Waals surface area contributed by atoms with E-state index in [9.17, 15) is 9.59 Å². The molecule has 2 aromatic carbocycles. The molecule has 3 rings (SSSR count). The first-order valence-electron chi connectivity index (χ1n) is 10.3. The molecule has 0 saturated carbocycles. The van der Waals surface area contributed by atoms with Crippen LogP contribution < -0.4 is 10.1 Å². The highest BCUT2D eigenvalue weighted by molar-refractivity contribution is 7.80. The molecule has 0 radical (unpaired) electrons. The minimum Gasteiger partial charge on any atom is -0.494 e. The molecule has 0 aliphatic carbocycles. The molecule has 0 bridgehead atoms. The van der Waals surface area contributed by atoms with E-state index in [1.165, 1.54) is 0 Å². The van der Waals surface area contributed by atoms with E-state index in [4.69, 9.17) is 28.6 Å². The SMILES string of the molecule is CCCOc1ccc(NC(=O)CC2C(=O)N(CC)C(=S)N2Cc2ccc(Cl)cc2)cc1. The van der Waals surface area contributed by atoms with E-state index in [0.717, 1.165) is 17.7 Å². The summed E-state index contributed by atoms with van der Waals surface area (Å²) in [5.74, 6) is 0.353. The van der Waals surface area contributed by atoms with E-state index in [2.05, 4.69) is 5.32 Å². The molecule has 8 heteroatoms. The number of nitrogens with one attached hydrogen (secondary N) is 1. The van der Waals surface area contributed by atoms with E-state index in [-0.39, 0.29) is 18.2 Å². The molecule has 6 nitrogen and oxygen atoms in total. The summed E-state index contributed by atoms with van der Waals surface area (Å²) < 4.78 is 5.56. The van der Waals surface area contributed by atoms with Gasteiger partial charge in [0.25, 0.3) is 5.91 Å². The Kier molecular flexibility index (Phi) is 7.87. The van der Waals surface area contributed by atoms with Crippen molar-refractivity contribution in [2.24, 2.45) is 0 Å². The van der Waals surface area contributed by atoms with Crippen LogP contribution in [0.2, 0.25) is 5.02 Å². The first kappa shape index (κ1) is 23.0. The zero-order valence-electron chi connectivity index (χ0n) is 17.6. The molecule has 0 aromatic heterocycles. The Morgan fingerprint density at radius 1 is 1.13 bits per heavy atom. The lowest BCUT2D eigenvalue weighted by Gasteiger charge is -2.24. The van der Waals surface area contributed by atoms with Gasteiger partial charge >= 0.3 is 0 Å². The lowest BCUT2D eigenvalue weighted by molar-refractivity contribution is -0.130. The van der Waals surface area contributed by atoms with Crippen LogP contribution in [0.3, 0.4) is 0 Å². The number of benzene rings is 2. The third-order valence-corrected chi connectivity index (χ3v) is 5.68. The molecule has 1 unspecified atom stereocenters. The summed E-state index contributed by atoms with van der Waals surface area (Å²) in [6, 6.07) is 13.9. The topological polar surface area (TPSA) is 61.9 Å². The number of carbonyl (C=O) groups excluding carboxylic acids is 2. The Morgan fingerprint density at radius 3 is 2.42 bits per heavy atom. The molecule has 164 valence electrons. The monoisotopic (exact) mass is 459 g/mol. The predicted octanol–water partition coefficient (Wildman–Crippen LogP) is 4.48. The second-order valence-corrected chi connectivity index (χ2v) is 8.06. The Hall–Kier alpha value is -2.64. The maximum absolute atomic E-state index is 12.9. The zero-order valence-corrected chi connectivity index (χ0v) is 19.2. The molecule has 1 fully saturated rings. The number of halogens is 1. The quantitative estimate of drug-likeness (QED) is 0.560. The van der Waals surface area contributed by atoms with Crippen molar-refractivity contribution in [3.63, 3.8) is 0 Å². The van der Waals surface area contributed by atoms with Gasteiger partial charge in [-0.1, -0.05) is 30.7 Å². The van der Waals surface area contributed by atoms with E-state index >= 15 is 0 Å². The van der Waals surface area contributed by atoms with E-state index in [0.29, 0.717) is 35.5 Å². The molecule has 31 heavy (non-hydrogen) atoms. The molecule has 1 atom stereocenters. The summed E-state index contributed by atoms with van der Waals surface area (Å²) in [7, 11) is 0. The highest BCUT2D eigenvalue weighted by atomic mass is 35.5. The first-order chi connectivity index (χ1) is 14.9. The Morgan fingerprint density at radius 2 is 1.81 bits per heavy atom. The summed E-state index contributed by atoms with van der Waals surface area (Å²) in [6.45, 7) is 5.45. The van der Waals surface area contributed by atoms with Crippen LogP contribution in [-0.2, 0) is 16.1 Å². The fourth-order valence-electron chi connectivity index (χ4n) is 3.39. The number of rotatable bonds is 9. The first-order valence-corrected chi connectivity index (χ1v) is 11.1. The highest BCUT2D eigenvalue weighted by Gasteiger charge is 2.42. The average molecular weight is 460 g/mol. The number of anilines is 1. The van der Waals surface area contributed by atoms with Crippen LogP contribution in [0.5, 0.6) is 5.75 Å². The van der Waals surface area contributed by atoms with Crippen LogP contribution in [0.4, 0.5) is 5.69 Å². The van der Waals surface area contributed by atoms with Crippen LogP contribution >= 0.6 is 23.8 Å². The van der Waals surface area contributed by atoms with Crippen molar-refractivity contribution in [1.82, 2.24) is 9.80 Å². The minimum absolute atomic E-state index is 0.0111. The van der Waals surface area contributed by atoms with E-state index < -0.39 is 6.04 Å². The number of thiocarbonyl (C=S) groups is 1. The lowest BCUT2D eigenvalue weighted by Crippen LogP contribution is -2.37. The number of carbonyl (C=O) groups is 2. The molecule has 2 amide bonds. The van der Waals surface area contributed by atoms with Crippen molar-refractivity contribution in [2.75, 3.05) is 18.5 Å². The van der Waals surface area contributed by atoms with Crippen molar-refractivity contribution in [2.45, 2.75) is 39.3 Å². The van der Waals surface area contributed by atoms with Crippen LogP contribution in [-0.4, -0.2) is 45.9 Å². The predicted molar refractivity (Wildman–Crippen MR) is 126 cm³/mol. The summed E-state index contributed by atoms with van der Waals surface area (Å²) in [5, 5.41) is 3.94. The minimum atomic E-state index is -0.643. The summed E-state index contributed by atoms with van der Waals surface area (Å²) in [5.41, 5.74) is 1.61. The lowest BCUT2D eigenvalue weighted by atomic mass is 10.1. The van der Waals surface area contributed by atoms with Gasteiger partial charge in [-0.05, 0) is 67.5 Å². The molecule has 0 spiro atoms. The molecule has 1 aliphatic heterocycles.